The number of amides is 1. The van der Waals surface area contributed by atoms with Gasteiger partial charge >= 0.3 is 0 Å². The summed E-state index contributed by atoms with van der Waals surface area (Å²) in [6, 6.07) is 10.6. The summed E-state index contributed by atoms with van der Waals surface area (Å²) >= 11 is 5.97. The summed E-state index contributed by atoms with van der Waals surface area (Å²) in [6.45, 7) is 3.88. The van der Waals surface area contributed by atoms with Gasteiger partial charge in [-0.3, -0.25) is 4.79 Å². The monoisotopic (exact) mass is 303 g/mol. The van der Waals surface area contributed by atoms with Crippen molar-refractivity contribution < 1.29 is 4.79 Å². The van der Waals surface area contributed by atoms with Crippen LogP contribution in [0.15, 0.2) is 36.4 Å². The van der Waals surface area contributed by atoms with Gasteiger partial charge in [-0.15, -0.1) is 0 Å². The van der Waals surface area contributed by atoms with Crippen LogP contribution in [0.1, 0.15) is 41.5 Å². The molecule has 3 N–H and O–H groups in total. The quantitative estimate of drug-likeness (QED) is 0.910. The Morgan fingerprint density at radius 2 is 2.14 bits per heavy atom. The van der Waals surface area contributed by atoms with E-state index >= 15 is 0 Å². The zero-order chi connectivity index (χ0) is 15.4. The Labute approximate surface area is 129 Å². The van der Waals surface area contributed by atoms with E-state index in [1.165, 1.54) is 0 Å². The van der Waals surface area contributed by atoms with Gasteiger partial charge in [0.05, 0.1) is 6.04 Å². The average molecular weight is 304 g/mol. The molecule has 2 aromatic rings. The largest absolute Gasteiger partial charge is 0.384 e. The second kappa shape index (κ2) is 6.59. The predicted octanol–water partition coefficient (Wildman–Crippen LogP) is 3.37. The molecule has 1 amide bonds. The topological polar surface area (TPSA) is 68.0 Å². The van der Waals surface area contributed by atoms with Crippen molar-refractivity contribution in [1.82, 2.24) is 10.3 Å². The number of hydrogen-bond acceptors (Lipinski definition) is 3. The highest BCUT2D eigenvalue weighted by Crippen LogP contribution is 2.18. The summed E-state index contributed by atoms with van der Waals surface area (Å²) in [5.74, 6) is 0.182. The smallest absolute Gasteiger partial charge is 0.251 e. The second-order valence-corrected chi connectivity index (χ2v) is 5.31. The average Bonchev–Trinajstić information content (AvgIpc) is 2.46. The van der Waals surface area contributed by atoms with Crippen molar-refractivity contribution in [1.29, 1.82) is 0 Å². The van der Waals surface area contributed by atoms with E-state index in [2.05, 4.69) is 10.3 Å². The zero-order valence-corrected chi connectivity index (χ0v) is 12.8. The maximum Gasteiger partial charge on any atom is 0.251 e. The first-order valence-electron chi connectivity index (χ1n) is 6.82. The molecule has 2 rings (SSSR count). The highest BCUT2D eigenvalue weighted by atomic mass is 35.5. The molecule has 1 aromatic heterocycles. The van der Waals surface area contributed by atoms with Crippen LogP contribution in [0.3, 0.4) is 0 Å². The van der Waals surface area contributed by atoms with Gasteiger partial charge in [-0.2, -0.15) is 0 Å². The first kappa shape index (κ1) is 15.3. The fourth-order valence-electron chi connectivity index (χ4n) is 2.06. The maximum absolute atomic E-state index is 12.3. The fraction of sp³-hybridized carbons (Fsp3) is 0.250. The zero-order valence-electron chi connectivity index (χ0n) is 12.1. The number of nitrogen functional groups attached to an aromatic ring is 1. The lowest BCUT2D eigenvalue weighted by Gasteiger charge is -2.15. The molecule has 0 fully saturated rings. The number of carbonyl (C=O) groups excluding carboxylic acids is 1. The van der Waals surface area contributed by atoms with E-state index in [1.807, 2.05) is 32.0 Å². The molecule has 0 saturated carbocycles. The molecule has 0 aliphatic rings. The van der Waals surface area contributed by atoms with E-state index in [-0.39, 0.29) is 11.9 Å². The lowest BCUT2D eigenvalue weighted by atomic mass is 10.1. The van der Waals surface area contributed by atoms with Crippen LogP contribution in [-0.2, 0) is 6.42 Å². The van der Waals surface area contributed by atoms with Crippen LogP contribution in [0, 0.1) is 0 Å². The molecule has 1 unspecified atom stereocenters. The Hall–Kier alpha value is -2.07. The van der Waals surface area contributed by atoms with Gasteiger partial charge in [-0.25, -0.2) is 4.98 Å². The van der Waals surface area contributed by atoms with Gasteiger partial charge in [0.1, 0.15) is 5.82 Å². The lowest BCUT2D eigenvalue weighted by molar-refractivity contribution is 0.0939. The number of pyridine rings is 1. The third kappa shape index (κ3) is 3.95. The number of carbonyl (C=O) groups is 1. The molecule has 21 heavy (non-hydrogen) atoms. The van der Waals surface area contributed by atoms with Crippen LogP contribution in [0.2, 0.25) is 5.02 Å². The van der Waals surface area contributed by atoms with Crippen LogP contribution >= 0.6 is 11.6 Å². The SMILES string of the molecule is CCc1cc(C(=O)NC(C)c2cccc(Cl)c2)cc(N)n1. The highest BCUT2D eigenvalue weighted by Gasteiger charge is 2.13. The predicted molar refractivity (Wildman–Crippen MR) is 85.4 cm³/mol. The third-order valence-corrected chi connectivity index (χ3v) is 3.45. The van der Waals surface area contributed by atoms with E-state index < -0.39 is 0 Å². The van der Waals surface area contributed by atoms with Gasteiger partial charge in [-0.1, -0.05) is 30.7 Å². The molecule has 0 aliphatic carbocycles. The van der Waals surface area contributed by atoms with Crippen LogP contribution in [0.25, 0.3) is 0 Å². The molecule has 0 saturated heterocycles. The molecule has 4 nitrogen and oxygen atoms in total. The Morgan fingerprint density at radius 3 is 2.81 bits per heavy atom. The van der Waals surface area contributed by atoms with E-state index in [0.717, 1.165) is 17.7 Å². The van der Waals surface area contributed by atoms with Crippen molar-refractivity contribution in [2.45, 2.75) is 26.3 Å². The van der Waals surface area contributed by atoms with Gasteiger partial charge in [0, 0.05) is 16.3 Å². The first-order chi connectivity index (χ1) is 9.99. The minimum atomic E-state index is -0.175. The maximum atomic E-state index is 12.3. The van der Waals surface area contributed by atoms with Gasteiger partial charge in [0.2, 0.25) is 0 Å². The Bertz CT molecular complexity index is 658. The number of rotatable bonds is 4. The molecule has 0 spiro atoms. The highest BCUT2D eigenvalue weighted by molar-refractivity contribution is 6.30. The minimum absolute atomic E-state index is 0.143. The van der Waals surface area contributed by atoms with Crippen LogP contribution in [-0.4, -0.2) is 10.9 Å². The summed E-state index contributed by atoms with van der Waals surface area (Å²) < 4.78 is 0. The second-order valence-electron chi connectivity index (χ2n) is 4.88. The van der Waals surface area contributed by atoms with Gasteiger partial charge in [0.15, 0.2) is 0 Å². The number of aryl methyl sites for hydroxylation is 1. The van der Waals surface area contributed by atoms with Crippen molar-refractivity contribution in [2.75, 3.05) is 5.73 Å². The van der Waals surface area contributed by atoms with E-state index in [1.54, 1.807) is 18.2 Å². The number of aromatic nitrogens is 1. The van der Waals surface area contributed by atoms with Crippen LogP contribution in [0.5, 0.6) is 0 Å². The molecule has 1 aromatic carbocycles. The lowest BCUT2D eigenvalue weighted by Crippen LogP contribution is -2.27. The summed E-state index contributed by atoms with van der Waals surface area (Å²) in [7, 11) is 0. The van der Waals surface area contributed by atoms with Crippen molar-refractivity contribution in [3.8, 4) is 0 Å². The summed E-state index contributed by atoms with van der Waals surface area (Å²) in [5.41, 5.74) is 8.00. The molecule has 0 bridgehead atoms. The summed E-state index contributed by atoms with van der Waals surface area (Å²) in [4.78, 5) is 16.5. The standard InChI is InChI=1S/C16H18ClN3O/c1-3-14-8-12(9-15(18)20-14)16(21)19-10(2)11-5-4-6-13(17)7-11/h4-10H,3H2,1-2H3,(H2,18,20)(H,19,21). The number of hydrogen-bond donors (Lipinski definition) is 2. The Balaban J connectivity index is 2.16. The molecule has 1 heterocycles. The Kier molecular flexibility index (Phi) is 4.81. The van der Waals surface area contributed by atoms with Crippen LogP contribution < -0.4 is 11.1 Å². The fourth-order valence-corrected chi connectivity index (χ4v) is 2.26. The van der Waals surface area contributed by atoms with E-state index in [0.29, 0.717) is 16.4 Å². The molecule has 0 radical (unpaired) electrons. The molecule has 0 aliphatic heterocycles. The van der Waals surface area contributed by atoms with Gasteiger partial charge < -0.3 is 11.1 Å². The summed E-state index contributed by atoms with van der Waals surface area (Å²) in [6.07, 6.45) is 0.731. The number of nitrogens with two attached hydrogens (primary N) is 1. The molecular formula is C16H18ClN3O. The molecule has 1 atom stereocenters. The van der Waals surface area contributed by atoms with Crippen molar-refractivity contribution in [3.05, 3.63) is 58.2 Å². The summed E-state index contributed by atoms with van der Waals surface area (Å²) in [5, 5.41) is 3.59. The number of halogens is 1. The van der Waals surface area contributed by atoms with E-state index in [4.69, 9.17) is 17.3 Å². The molecule has 110 valence electrons. The minimum Gasteiger partial charge on any atom is -0.384 e. The number of nitrogens with one attached hydrogen (secondary N) is 1. The number of benzene rings is 1. The first-order valence-corrected chi connectivity index (χ1v) is 7.20. The van der Waals surface area contributed by atoms with Crippen molar-refractivity contribution in [3.63, 3.8) is 0 Å². The van der Waals surface area contributed by atoms with Crippen molar-refractivity contribution in [2.24, 2.45) is 0 Å². The van der Waals surface area contributed by atoms with Crippen molar-refractivity contribution >= 4 is 23.3 Å². The normalized spacial score (nSPS) is 12.0. The van der Waals surface area contributed by atoms with Gasteiger partial charge in [0.25, 0.3) is 5.91 Å². The third-order valence-electron chi connectivity index (χ3n) is 3.22. The molecule has 5 heteroatoms. The van der Waals surface area contributed by atoms with E-state index in [9.17, 15) is 4.79 Å². The van der Waals surface area contributed by atoms with Crippen LogP contribution in [0.4, 0.5) is 5.82 Å². The number of anilines is 1. The Morgan fingerprint density at radius 1 is 1.38 bits per heavy atom. The molecular weight excluding hydrogens is 286 g/mol. The number of nitrogens with zero attached hydrogens (tertiary/aromatic N) is 1. The van der Waals surface area contributed by atoms with Gasteiger partial charge in [-0.05, 0) is 43.2 Å².